The summed E-state index contributed by atoms with van der Waals surface area (Å²) in [4.78, 5) is 18.1. The van der Waals surface area contributed by atoms with Crippen molar-refractivity contribution >= 4 is 0 Å². The van der Waals surface area contributed by atoms with Crippen LogP contribution >= 0.6 is 0 Å². The first kappa shape index (κ1) is 23.3. The van der Waals surface area contributed by atoms with Gasteiger partial charge in [-0.15, -0.1) is 5.10 Å². The first-order chi connectivity index (χ1) is 17.4. The molecule has 0 aliphatic rings. The molecule has 1 N–H and O–H groups in total. The summed E-state index contributed by atoms with van der Waals surface area (Å²) in [7, 11) is 0. The summed E-state index contributed by atoms with van der Waals surface area (Å²) in [6.45, 7) is 8.39. The highest BCUT2D eigenvalue weighted by atomic mass is 16.2. The number of rotatable bonds is 7. The van der Waals surface area contributed by atoms with Crippen LogP contribution < -0.4 is 5.69 Å². The van der Waals surface area contributed by atoms with Crippen molar-refractivity contribution in [2.75, 3.05) is 0 Å². The Kier molecular flexibility index (Phi) is 6.00. The van der Waals surface area contributed by atoms with E-state index in [1.54, 1.807) is 15.4 Å². The number of aromatic nitrogens is 11. The molecular formula is C24H27N11O. The Morgan fingerprint density at radius 3 is 2.47 bits per heavy atom. The average Bonchev–Trinajstić information content (AvgIpc) is 3.62. The average molecular weight is 486 g/mol. The second-order valence-corrected chi connectivity index (χ2v) is 9.50. The van der Waals surface area contributed by atoms with E-state index in [4.69, 9.17) is 0 Å². The summed E-state index contributed by atoms with van der Waals surface area (Å²) in [5, 5.41) is 26.2. The van der Waals surface area contributed by atoms with Gasteiger partial charge in [0.2, 0.25) is 0 Å². The van der Waals surface area contributed by atoms with E-state index in [2.05, 4.69) is 48.1 Å². The van der Waals surface area contributed by atoms with Crippen molar-refractivity contribution in [3.8, 4) is 28.5 Å². The van der Waals surface area contributed by atoms with Crippen LogP contribution in [0.4, 0.5) is 0 Å². The highest BCUT2D eigenvalue weighted by Gasteiger charge is 2.24. The van der Waals surface area contributed by atoms with E-state index in [0.717, 1.165) is 40.9 Å². The molecule has 4 aromatic heterocycles. The molecule has 0 bridgehead atoms. The molecule has 0 atom stereocenters. The van der Waals surface area contributed by atoms with E-state index in [1.165, 1.54) is 4.57 Å². The summed E-state index contributed by atoms with van der Waals surface area (Å²) in [5.74, 6) is 0.981. The zero-order valence-corrected chi connectivity index (χ0v) is 20.6. The number of nitrogens with one attached hydrogen (secondary N) is 1. The first-order valence-corrected chi connectivity index (χ1v) is 11.8. The van der Waals surface area contributed by atoms with Gasteiger partial charge in [0.1, 0.15) is 0 Å². The summed E-state index contributed by atoms with van der Waals surface area (Å²) in [5.41, 5.74) is 3.86. The second kappa shape index (κ2) is 9.29. The van der Waals surface area contributed by atoms with Crippen LogP contribution in [0, 0.1) is 0 Å². The largest absolute Gasteiger partial charge is 0.335 e. The monoisotopic (exact) mass is 485 g/mol. The lowest BCUT2D eigenvalue weighted by molar-refractivity contribution is 0.342. The molecule has 5 aromatic rings. The van der Waals surface area contributed by atoms with E-state index in [1.807, 2.05) is 63.4 Å². The maximum atomic E-state index is 13.5. The third-order valence-corrected chi connectivity index (χ3v) is 5.86. The fourth-order valence-corrected chi connectivity index (χ4v) is 4.12. The molecule has 0 amide bonds. The molecule has 4 heterocycles. The minimum absolute atomic E-state index is 0.201. The minimum atomic E-state index is -0.374. The normalized spacial score (nSPS) is 11.8. The molecule has 1 aromatic carbocycles. The molecule has 0 spiro atoms. The number of hydrogen-bond acceptors (Lipinski definition) is 8. The van der Waals surface area contributed by atoms with Gasteiger partial charge in [0.15, 0.2) is 5.82 Å². The van der Waals surface area contributed by atoms with Crippen molar-refractivity contribution in [2.24, 2.45) is 0 Å². The third kappa shape index (κ3) is 4.32. The van der Waals surface area contributed by atoms with Crippen molar-refractivity contribution in [1.29, 1.82) is 0 Å². The van der Waals surface area contributed by atoms with E-state index in [9.17, 15) is 4.79 Å². The number of aryl methyl sites for hydroxylation is 1. The summed E-state index contributed by atoms with van der Waals surface area (Å²) < 4.78 is 4.91. The van der Waals surface area contributed by atoms with Crippen LogP contribution in [-0.2, 0) is 18.5 Å². The van der Waals surface area contributed by atoms with Crippen LogP contribution in [0.2, 0.25) is 0 Å². The van der Waals surface area contributed by atoms with Crippen molar-refractivity contribution in [2.45, 2.75) is 52.6 Å². The first-order valence-electron chi connectivity index (χ1n) is 11.8. The SMILES string of the molecule is CCCc1cn(-c2nnnn2C(C)(C)C)c(=O)n1Cc1ccc(-c2ccccc2-c2nnn[nH]2)cn1. The molecule has 184 valence electrons. The number of benzene rings is 1. The van der Waals surface area contributed by atoms with Crippen molar-refractivity contribution in [1.82, 2.24) is 54.9 Å². The molecule has 0 saturated heterocycles. The van der Waals surface area contributed by atoms with Crippen LogP contribution in [0.25, 0.3) is 28.5 Å². The molecule has 12 heteroatoms. The predicted molar refractivity (Wildman–Crippen MR) is 132 cm³/mol. The highest BCUT2D eigenvalue weighted by molar-refractivity contribution is 5.79. The van der Waals surface area contributed by atoms with Gasteiger partial charge in [-0.25, -0.2) is 19.1 Å². The number of nitrogens with zero attached hydrogens (tertiary/aromatic N) is 10. The fraction of sp³-hybridized carbons (Fsp3) is 0.333. The van der Waals surface area contributed by atoms with Gasteiger partial charge in [-0.3, -0.25) is 9.55 Å². The van der Waals surface area contributed by atoms with Crippen molar-refractivity contribution in [3.63, 3.8) is 0 Å². The molecule has 0 aliphatic heterocycles. The molecule has 0 saturated carbocycles. The fourth-order valence-electron chi connectivity index (χ4n) is 4.12. The Bertz CT molecular complexity index is 1520. The van der Waals surface area contributed by atoms with Gasteiger partial charge < -0.3 is 0 Å². The van der Waals surface area contributed by atoms with Gasteiger partial charge in [-0.2, -0.15) is 0 Å². The Morgan fingerprint density at radius 1 is 1.00 bits per heavy atom. The van der Waals surface area contributed by atoms with Crippen LogP contribution in [0.15, 0.2) is 53.6 Å². The highest BCUT2D eigenvalue weighted by Crippen LogP contribution is 2.29. The van der Waals surface area contributed by atoms with Gasteiger partial charge in [0.25, 0.3) is 5.95 Å². The van der Waals surface area contributed by atoms with Gasteiger partial charge in [-0.05, 0) is 59.7 Å². The van der Waals surface area contributed by atoms with E-state index >= 15 is 0 Å². The van der Waals surface area contributed by atoms with Crippen LogP contribution in [0.3, 0.4) is 0 Å². The number of hydrogen-bond donors (Lipinski definition) is 1. The number of tetrazole rings is 2. The molecular weight excluding hydrogens is 458 g/mol. The van der Waals surface area contributed by atoms with E-state index in [0.29, 0.717) is 18.3 Å². The van der Waals surface area contributed by atoms with Crippen LogP contribution in [0.5, 0.6) is 0 Å². The lowest BCUT2D eigenvalue weighted by atomic mass is 10.0. The number of H-pyrrole nitrogens is 1. The summed E-state index contributed by atoms with van der Waals surface area (Å²) in [6, 6.07) is 11.8. The minimum Gasteiger partial charge on any atom is -0.290 e. The molecule has 0 unspecified atom stereocenters. The Balaban J connectivity index is 1.48. The van der Waals surface area contributed by atoms with Crippen molar-refractivity contribution in [3.05, 3.63) is 70.7 Å². The molecule has 0 fully saturated rings. The lowest BCUT2D eigenvalue weighted by Crippen LogP contribution is -2.31. The van der Waals surface area contributed by atoms with Crippen LogP contribution in [0.1, 0.15) is 45.5 Å². The van der Waals surface area contributed by atoms with Crippen LogP contribution in [-0.4, -0.2) is 54.9 Å². The van der Waals surface area contributed by atoms with Gasteiger partial charge >= 0.3 is 5.69 Å². The number of aromatic amines is 1. The van der Waals surface area contributed by atoms with Gasteiger partial charge in [0.05, 0.1) is 17.8 Å². The predicted octanol–water partition coefficient (Wildman–Crippen LogP) is 2.62. The quantitative estimate of drug-likeness (QED) is 0.371. The molecule has 5 rings (SSSR count). The van der Waals surface area contributed by atoms with Gasteiger partial charge in [-0.1, -0.05) is 48.8 Å². The zero-order chi connectivity index (χ0) is 25.3. The van der Waals surface area contributed by atoms with Gasteiger partial charge in [0, 0.05) is 29.2 Å². The Hall–Kier alpha value is -4.48. The lowest BCUT2D eigenvalue weighted by Gasteiger charge is -2.19. The number of imidazole rings is 1. The standard InChI is InChI=1S/C24H27N11O/c1-5-8-18-15-34(22-28-31-32-35(22)24(2,3)4)23(36)33(18)14-17-12-11-16(13-25-17)19-9-6-7-10-20(19)21-26-29-30-27-21/h6-7,9-13,15H,5,8,14H2,1-4H3,(H,26,27,29,30). The van der Waals surface area contributed by atoms with Crippen molar-refractivity contribution < 1.29 is 0 Å². The maximum absolute atomic E-state index is 13.5. The molecule has 36 heavy (non-hydrogen) atoms. The summed E-state index contributed by atoms with van der Waals surface area (Å²) >= 11 is 0. The Labute approximate surface area is 207 Å². The maximum Gasteiger partial charge on any atom is 0.335 e. The Morgan fingerprint density at radius 2 is 1.81 bits per heavy atom. The van der Waals surface area contributed by atoms with E-state index < -0.39 is 0 Å². The smallest absolute Gasteiger partial charge is 0.290 e. The third-order valence-electron chi connectivity index (χ3n) is 5.86. The molecule has 0 radical (unpaired) electrons. The number of pyridine rings is 1. The van der Waals surface area contributed by atoms with E-state index in [-0.39, 0.29) is 11.2 Å². The topological polar surface area (TPSA) is 138 Å². The molecule has 12 nitrogen and oxygen atoms in total. The molecule has 0 aliphatic carbocycles. The second-order valence-electron chi connectivity index (χ2n) is 9.50. The zero-order valence-electron chi connectivity index (χ0n) is 20.6. The summed E-state index contributed by atoms with van der Waals surface area (Å²) in [6.07, 6.45) is 5.28.